The van der Waals surface area contributed by atoms with E-state index in [1.54, 1.807) is 13.0 Å². The monoisotopic (exact) mass is 279 g/mol. The second-order valence-electron chi connectivity index (χ2n) is 4.82. The van der Waals surface area contributed by atoms with Crippen molar-refractivity contribution in [1.82, 2.24) is 15.1 Å². The van der Waals surface area contributed by atoms with Crippen LogP contribution in [0.2, 0.25) is 0 Å². The Balaban J connectivity index is 3.15. The molecule has 1 aromatic heterocycles. The van der Waals surface area contributed by atoms with Gasteiger partial charge >= 0.3 is 0 Å². The first-order valence-electron chi connectivity index (χ1n) is 6.51. The largest absolute Gasteiger partial charge is 0.409 e. The number of nitrogens with two attached hydrogens (primary N) is 1. The van der Waals surface area contributed by atoms with Crippen molar-refractivity contribution in [3.63, 3.8) is 0 Å². The Morgan fingerprint density at radius 1 is 1.50 bits per heavy atom. The molecule has 1 aromatic rings. The molecule has 0 radical (unpaired) electrons. The van der Waals surface area contributed by atoms with Gasteiger partial charge in [-0.05, 0) is 33.3 Å². The van der Waals surface area contributed by atoms with Crippen LogP contribution >= 0.6 is 0 Å². The lowest BCUT2D eigenvalue weighted by molar-refractivity contribution is 0.0732. The Labute approximate surface area is 118 Å². The molecule has 0 fully saturated rings. The van der Waals surface area contributed by atoms with Crippen molar-refractivity contribution in [2.75, 3.05) is 6.54 Å². The summed E-state index contributed by atoms with van der Waals surface area (Å²) in [6.45, 7) is 7.51. The maximum absolute atomic E-state index is 12.6. The number of hydrogen-bond acceptors (Lipinski definition) is 5. The van der Waals surface area contributed by atoms with E-state index in [9.17, 15) is 4.79 Å². The van der Waals surface area contributed by atoms with Gasteiger partial charge in [0.15, 0.2) is 5.84 Å². The average Bonchev–Trinajstić information content (AvgIpc) is 2.43. The van der Waals surface area contributed by atoms with Gasteiger partial charge in [-0.15, -0.1) is 0 Å². The number of carbonyl (C=O) groups excluding carboxylic acids is 1. The first-order chi connectivity index (χ1) is 9.40. The molecule has 0 aromatic carbocycles. The Bertz CT molecular complexity index is 513. The third kappa shape index (κ3) is 3.66. The van der Waals surface area contributed by atoms with Gasteiger partial charge in [-0.2, -0.15) is 10.2 Å². The van der Waals surface area contributed by atoms with Crippen molar-refractivity contribution in [3.05, 3.63) is 23.0 Å². The number of oxime groups is 1. The van der Waals surface area contributed by atoms with Crippen molar-refractivity contribution in [2.45, 2.75) is 40.2 Å². The molecule has 7 heteroatoms. The van der Waals surface area contributed by atoms with Crippen molar-refractivity contribution in [2.24, 2.45) is 10.9 Å². The third-order valence-electron chi connectivity index (χ3n) is 2.90. The number of nitrogens with zero attached hydrogens (tertiary/aromatic N) is 4. The van der Waals surface area contributed by atoms with Gasteiger partial charge in [0, 0.05) is 6.04 Å². The summed E-state index contributed by atoms with van der Waals surface area (Å²) in [6, 6.07) is 1.64. The van der Waals surface area contributed by atoms with E-state index in [0.717, 1.165) is 0 Å². The summed E-state index contributed by atoms with van der Waals surface area (Å²) in [6.07, 6.45) is 0.615. The quantitative estimate of drug-likeness (QED) is 0.361. The van der Waals surface area contributed by atoms with Gasteiger partial charge in [-0.3, -0.25) is 4.79 Å². The molecule has 3 N–H and O–H groups in total. The number of aromatic nitrogens is 2. The zero-order valence-electron chi connectivity index (χ0n) is 12.3. The second kappa shape index (κ2) is 6.83. The number of amides is 1. The van der Waals surface area contributed by atoms with Gasteiger partial charge in [0.05, 0.1) is 23.5 Å². The summed E-state index contributed by atoms with van der Waals surface area (Å²) in [7, 11) is 0. The van der Waals surface area contributed by atoms with Crippen LogP contribution in [0.4, 0.5) is 0 Å². The second-order valence-corrected chi connectivity index (χ2v) is 4.82. The SMILES string of the molecule is CCc1nnc(C)cc1C(=O)N(CC(N)=NO)C(C)C. The zero-order valence-corrected chi connectivity index (χ0v) is 12.3. The van der Waals surface area contributed by atoms with Crippen LogP contribution < -0.4 is 5.73 Å². The Morgan fingerprint density at radius 3 is 2.65 bits per heavy atom. The fraction of sp³-hybridized carbons (Fsp3) is 0.538. The summed E-state index contributed by atoms with van der Waals surface area (Å²) in [5.41, 5.74) is 7.34. The minimum Gasteiger partial charge on any atom is -0.409 e. The molecule has 0 saturated heterocycles. The van der Waals surface area contributed by atoms with E-state index in [-0.39, 0.29) is 24.3 Å². The van der Waals surface area contributed by atoms with Crippen LogP contribution in [-0.2, 0) is 6.42 Å². The van der Waals surface area contributed by atoms with E-state index >= 15 is 0 Å². The summed E-state index contributed by atoms with van der Waals surface area (Å²) < 4.78 is 0. The highest BCUT2D eigenvalue weighted by atomic mass is 16.4. The van der Waals surface area contributed by atoms with Crippen molar-refractivity contribution in [3.8, 4) is 0 Å². The fourth-order valence-corrected chi connectivity index (χ4v) is 1.81. The predicted molar refractivity (Wildman–Crippen MR) is 75.7 cm³/mol. The summed E-state index contributed by atoms with van der Waals surface area (Å²) >= 11 is 0. The molecule has 7 nitrogen and oxygen atoms in total. The lowest BCUT2D eigenvalue weighted by atomic mass is 10.1. The van der Waals surface area contributed by atoms with E-state index in [4.69, 9.17) is 10.9 Å². The minimum atomic E-state index is -0.193. The van der Waals surface area contributed by atoms with Gasteiger partial charge in [0.2, 0.25) is 0 Å². The molecule has 0 spiro atoms. The lowest BCUT2D eigenvalue weighted by Crippen LogP contribution is -2.43. The van der Waals surface area contributed by atoms with Gasteiger partial charge in [-0.25, -0.2) is 0 Å². The van der Waals surface area contributed by atoms with Gasteiger partial charge in [0.1, 0.15) is 0 Å². The van der Waals surface area contributed by atoms with Crippen LogP contribution in [-0.4, -0.2) is 44.6 Å². The Morgan fingerprint density at radius 2 is 2.15 bits per heavy atom. The van der Waals surface area contributed by atoms with Crippen LogP contribution in [0.15, 0.2) is 11.2 Å². The highest BCUT2D eigenvalue weighted by Crippen LogP contribution is 2.13. The molecule has 0 aliphatic carbocycles. The molecule has 20 heavy (non-hydrogen) atoms. The highest BCUT2D eigenvalue weighted by molar-refractivity contribution is 5.98. The molecule has 110 valence electrons. The smallest absolute Gasteiger partial charge is 0.256 e. The molecule has 0 aliphatic rings. The van der Waals surface area contributed by atoms with E-state index < -0.39 is 0 Å². The number of carbonyl (C=O) groups is 1. The van der Waals surface area contributed by atoms with Crippen LogP contribution in [0.1, 0.15) is 42.5 Å². The molecule has 0 bridgehead atoms. The van der Waals surface area contributed by atoms with Gasteiger partial charge < -0.3 is 15.8 Å². The molecule has 1 rings (SSSR count). The third-order valence-corrected chi connectivity index (χ3v) is 2.90. The predicted octanol–water partition coefficient (Wildman–Crippen LogP) is 0.944. The van der Waals surface area contributed by atoms with Crippen LogP contribution in [0.5, 0.6) is 0 Å². The molecule has 1 amide bonds. The summed E-state index contributed by atoms with van der Waals surface area (Å²) in [4.78, 5) is 14.2. The number of hydrogen-bond donors (Lipinski definition) is 2. The van der Waals surface area contributed by atoms with Crippen LogP contribution in [0.3, 0.4) is 0 Å². The van der Waals surface area contributed by atoms with Crippen molar-refractivity contribution < 1.29 is 10.0 Å². The first-order valence-corrected chi connectivity index (χ1v) is 6.51. The molecule has 0 unspecified atom stereocenters. The number of aryl methyl sites for hydroxylation is 2. The summed E-state index contributed by atoms with van der Waals surface area (Å²) in [5, 5.41) is 19.6. The minimum absolute atomic E-state index is 0.0103. The number of amidine groups is 1. The standard InChI is InChI=1S/C13H21N5O2/c1-5-11-10(6-9(4)15-16-11)13(19)18(8(2)3)7-12(14)17-20/h6,8,20H,5,7H2,1-4H3,(H2,14,17). The van der Waals surface area contributed by atoms with Crippen LogP contribution in [0, 0.1) is 6.92 Å². The van der Waals surface area contributed by atoms with E-state index in [1.165, 1.54) is 4.90 Å². The Hall–Kier alpha value is -2.18. The lowest BCUT2D eigenvalue weighted by Gasteiger charge is -2.26. The molecule has 0 atom stereocenters. The maximum Gasteiger partial charge on any atom is 0.256 e. The van der Waals surface area contributed by atoms with Gasteiger partial charge in [0.25, 0.3) is 5.91 Å². The fourth-order valence-electron chi connectivity index (χ4n) is 1.81. The van der Waals surface area contributed by atoms with Crippen molar-refractivity contribution >= 4 is 11.7 Å². The van der Waals surface area contributed by atoms with E-state index in [1.807, 2.05) is 20.8 Å². The zero-order chi connectivity index (χ0) is 15.3. The molecule has 1 heterocycles. The van der Waals surface area contributed by atoms with Crippen LogP contribution in [0.25, 0.3) is 0 Å². The topological polar surface area (TPSA) is 105 Å². The normalized spacial score (nSPS) is 11.8. The average molecular weight is 279 g/mol. The first kappa shape index (κ1) is 15.9. The molecule has 0 saturated carbocycles. The molecular formula is C13H21N5O2. The molecule has 0 aliphatic heterocycles. The number of rotatable bonds is 5. The highest BCUT2D eigenvalue weighted by Gasteiger charge is 2.23. The molecular weight excluding hydrogens is 258 g/mol. The Kier molecular flexibility index (Phi) is 5.42. The van der Waals surface area contributed by atoms with E-state index in [0.29, 0.717) is 23.4 Å². The summed E-state index contributed by atoms with van der Waals surface area (Å²) in [5.74, 6) is -0.203. The van der Waals surface area contributed by atoms with E-state index in [2.05, 4.69) is 15.4 Å². The van der Waals surface area contributed by atoms with Gasteiger partial charge in [-0.1, -0.05) is 12.1 Å². The van der Waals surface area contributed by atoms with Crippen molar-refractivity contribution in [1.29, 1.82) is 0 Å². The maximum atomic E-state index is 12.6.